The van der Waals surface area contributed by atoms with Gasteiger partial charge in [0.25, 0.3) is 5.56 Å². The molecule has 0 radical (unpaired) electrons. The normalized spacial score (nSPS) is 20.0. The average Bonchev–Trinajstić information content (AvgIpc) is 2.52. The Morgan fingerprint density at radius 1 is 1.25 bits per heavy atom. The molecule has 0 bridgehead atoms. The molecule has 128 valence electrons. The Balaban J connectivity index is 2.13. The highest BCUT2D eigenvalue weighted by atomic mass is 19.1. The first kappa shape index (κ1) is 16.4. The molecular formula is C17H20FN3O3. The third kappa shape index (κ3) is 3.26. The maximum Gasteiger partial charge on any atom is 0.328 e. The molecule has 0 saturated carbocycles. The summed E-state index contributed by atoms with van der Waals surface area (Å²) in [5.74, 6) is -0.369. The van der Waals surface area contributed by atoms with Crippen molar-refractivity contribution in [2.24, 2.45) is 5.92 Å². The number of benzene rings is 1. The van der Waals surface area contributed by atoms with Crippen LogP contribution < -0.4 is 11.2 Å². The molecule has 1 aromatic heterocycles. The van der Waals surface area contributed by atoms with Crippen molar-refractivity contribution in [1.82, 2.24) is 14.9 Å². The molecule has 0 aliphatic carbocycles. The van der Waals surface area contributed by atoms with E-state index in [9.17, 15) is 19.1 Å². The number of hydrogen-bond acceptors (Lipinski definition) is 4. The van der Waals surface area contributed by atoms with Gasteiger partial charge in [-0.25, -0.2) is 9.18 Å². The highest BCUT2D eigenvalue weighted by Gasteiger charge is 2.31. The zero-order valence-corrected chi connectivity index (χ0v) is 13.4. The molecule has 3 rings (SSSR count). The molecule has 2 heterocycles. The van der Waals surface area contributed by atoms with Crippen LogP contribution in [0.4, 0.5) is 4.39 Å². The highest BCUT2D eigenvalue weighted by Crippen LogP contribution is 2.33. The molecule has 0 amide bonds. The molecule has 1 aromatic carbocycles. The summed E-state index contributed by atoms with van der Waals surface area (Å²) >= 11 is 0. The molecule has 2 aromatic rings. The topological polar surface area (TPSA) is 89.2 Å². The minimum atomic E-state index is -0.758. The van der Waals surface area contributed by atoms with Gasteiger partial charge in [-0.3, -0.25) is 19.7 Å². The van der Waals surface area contributed by atoms with Gasteiger partial charge in [0.15, 0.2) is 0 Å². The van der Waals surface area contributed by atoms with Crippen molar-refractivity contribution in [2.75, 3.05) is 13.1 Å². The van der Waals surface area contributed by atoms with E-state index in [4.69, 9.17) is 0 Å². The molecule has 1 aliphatic rings. The lowest BCUT2D eigenvalue weighted by atomic mass is 9.93. The second-order valence-electron chi connectivity index (χ2n) is 6.37. The van der Waals surface area contributed by atoms with E-state index in [0.717, 1.165) is 25.9 Å². The van der Waals surface area contributed by atoms with Crippen LogP contribution in [0.2, 0.25) is 0 Å². The van der Waals surface area contributed by atoms with Gasteiger partial charge >= 0.3 is 5.69 Å². The van der Waals surface area contributed by atoms with Crippen LogP contribution in [-0.2, 0) is 0 Å². The number of piperidine rings is 1. The first-order valence-corrected chi connectivity index (χ1v) is 8.00. The Morgan fingerprint density at radius 2 is 1.96 bits per heavy atom. The average molecular weight is 333 g/mol. The maximum atomic E-state index is 13.3. The zero-order valence-electron chi connectivity index (χ0n) is 13.4. The number of halogens is 1. The van der Waals surface area contributed by atoms with Gasteiger partial charge in [-0.1, -0.05) is 19.1 Å². The lowest BCUT2D eigenvalue weighted by molar-refractivity contribution is 0.146. The van der Waals surface area contributed by atoms with Crippen LogP contribution in [0.1, 0.15) is 36.9 Å². The summed E-state index contributed by atoms with van der Waals surface area (Å²) in [7, 11) is 0. The predicted octanol–water partition coefficient (Wildman–Crippen LogP) is 1.73. The van der Waals surface area contributed by atoms with Gasteiger partial charge in [0, 0.05) is 6.54 Å². The fraction of sp³-hybridized carbons (Fsp3) is 0.412. The van der Waals surface area contributed by atoms with Crippen LogP contribution in [0.25, 0.3) is 0 Å². The monoisotopic (exact) mass is 333 g/mol. The SMILES string of the molecule is C[C@H]1CCCN([C@H](c2ccc(F)cc2)c2c(O)[nH]c(=O)[nH]c2=O)C1. The number of aromatic hydroxyl groups is 1. The first-order chi connectivity index (χ1) is 11.5. The van der Waals surface area contributed by atoms with Crippen molar-refractivity contribution >= 4 is 0 Å². The lowest BCUT2D eigenvalue weighted by Crippen LogP contribution is -2.41. The van der Waals surface area contributed by atoms with Gasteiger partial charge in [-0.05, 0) is 43.0 Å². The number of hydrogen-bond donors (Lipinski definition) is 3. The van der Waals surface area contributed by atoms with E-state index in [1.54, 1.807) is 12.1 Å². The summed E-state index contributed by atoms with van der Waals surface area (Å²) in [6, 6.07) is 5.31. The third-order valence-corrected chi connectivity index (χ3v) is 4.47. The quantitative estimate of drug-likeness (QED) is 0.798. The highest BCUT2D eigenvalue weighted by molar-refractivity contribution is 5.35. The molecule has 24 heavy (non-hydrogen) atoms. The van der Waals surface area contributed by atoms with Crippen molar-refractivity contribution in [3.05, 3.63) is 62.0 Å². The first-order valence-electron chi connectivity index (χ1n) is 8.00. The van der Waals surface area contributed by atoms with Gasteiger partial charge in [0.05, 0.1) is 11.6 Å². The number of H-pyrrole nitrogens is 2. The second-order valence-corrected chi connectivity index (χ2v) is 6.37. The number of rotatable bonds is 3. The number of nitrogens with zero attached hydrogens (tertiary/aromatic N) is 1. The molecular weight excluding hydrogens is 313 g/mol. The van der Waals surface area contributed by atoms with Crippen LogP contribution in [0, 0.1) is 11.7 Å². The molecule has 1 fully saturated rings. The van der Waals surface area contributed by atoms with E-state index >= 15 is 0 Å². The molecule has 1 aliphatic heterocycles. The Labute approximate surface area is 138 Å². The van der Waals surface area contributed by atoms with E-state index in [1.807, 2.05) is 0 Å². The Bertz CT molecular complexity index is 828. The van der Waals surface area contributed by atoms with Crippen molar-refractivity contribution in [3.63, 3.8) is 0 Å². The molecule has 3 N–H and O–H groups in total. The lowest BCUT2D eigenvalue weighted by Gasteiger charge is -2.37. The third-order valence-electron chi connectivity index (χ3n) is 4.47. The van der Waals surface area contributed by atoms with Gasteiger partial charge in [0.2, 0.25) is 5.88 Å². The maximum absolute atomic E-state index is 13.3. The minimum Gasteiger partial charge on any atom is -0.494 e. The van der Waals surface area contributed by atoms with Crippen LogP contribution in [0.5, 0.6) is 5.88 Å². The van der Waals surface area contributed by atoms with Crippen LogP contribution in [-0.4, -0.2) is 33.1 Å². The molecule has 6 nitrogen and oxygen atoms in total. The Morgan fingerprint density at radius 3 is 2.58 bits per heavy atom. The van der Waals surface area contributed by atoms with Crippen LogP contribution in [0.15, 0.2) is 33.9 Å². The molecule has 1 saturated heterocycles. The van der Waals surface area contributed by atoms with Crippen molar-refractivity contribution < 1.29 is 9.50 Å². The Hall–Kier alpha value is -2.41. The standard InChI is InChI=1S/C17H20FN3O3/c1-10-3-2-8-21(9-10)14(11-4-6-12(18)7-5-11)13-15(22)19-17(24)20-16(13)23/h4-7,10,14H,2-3,8-9H2,1H3,(H3,19,20,22,23,24)/t10-,14+/m0/s1. The summed E-state index contributed by atoms with van der Waals surface area (Å²) < 4.78 is 13.3. The minimum absolute atomic E-state index is 0.0790. The van der Waals surface area contributed by atoms with Gasteiger partial charge in [-0.2, -0.15) is 0 Å². The second kappa shape index (κ2) is 6.60. The molecule has 2 atom stereocenters. The van der Waals surface area contributed by atoms with E-state index < -0.39 is 23.2 Å². The molecule has 0 spiro atoms. The summed E-state index contributed by atoms with van der Waals surface area (Å²) in [6.07, 6.45) is 2.07. The Kier molecular flexibility index (Phi) is 4.53. The van der Waals surface area contributed by atoms with Gasteiger partial charge in [0.1, 0.15) is 5.82 Å². The fourth-order valence-corrected chi connectivity index (χ4v) is 3.40. The summed E-state index contributed by atoms with van der Waals surface area (Å²) in [4.78, 5) is 30.2. The smallest absolute Gasteiger partial charge is 0.328 e. The van der Waals surface area contributed by atoms with Crippen molar-refractivity contribution in [2.45, 2.75) is 25.8 Å². The zero-order chi connectivity index (χ0) is 17.3. The van der Waals surface area contributed by atoms with Gasteiger partial charge in [-0.15, -0.1) is 0 Å². The summed E-state index contributed by atoms with van der Waals surface area (Å²) in [5, 5.41) is 10.2. The van der Waals surface area contributed by atoms with Crippen LogP contribution in [0.3, 0.4) is 0 Å². The molecule has 7 heteroatoms. The predicted molar refractivity (Wildman–Crippen MR) is 87.6 cm³/mol. The fourth-order valence-electron chi connectivity index (χ4n) is 3.40. The largest absolute Gasteiger partial charge is 0.494 e. The van der Waals surface area contributed by atoms with E-state index in [0.29, 0.717) is 11.5 Å². The van der Waals surface area contributed by atoms with E-state index in [2.05, 4.69) is 21.8 Å². The summed E-state index contributed by atoms with van der Waals surface area (Å²) in [6.45, 7) is 3.63. The van der Waals surface area contributed by atoms with E-state index in [-0.39, 0.29) is 11.4 Å². The van der Waals surface area contributed by atoms with Gasteiger partial charge < -0.3 is 5.11 Å². The summed E-state index contributed by atoms with van der Waals surface area (Å²) in [5.41, 5.74) is -0.622. The number of aromatic amines is 2. The van der Waals surface area contributed by atoms with Crippen molar-refractivity contribution in [1.29, 1.82) is 0 Å². The van der Waals surface area contributed by atoms with Crippen LogP contribution >= 0.6 is 0 Å². The molecule has 0 unspecified atom stereocenters. The number of aromatic nitrogens is 2. The van der Waals surface area contributed by atoms with E-state index in [1.165, 1.54) is 12.1 Å². The van der Waals surface area contributed by atoms with Crippen molar-refractivity contribution in [3.8, 4) is 5.88 Å². The number of likely N-dealkylation sites (tertiary alicyclic amines) is 1. The number of nitrogens with one attached hydrogen (secondary N) is 2.